The Balaban J connectivity index is 1.18. The summed E-state index contributed by atoms with van der Waals surface area (Å²) in [4.78, 5) is 34.3. The molecular weight excluding hydrogens is 448 g/mol. The van der Waals surface area contributed by atoms with E-state index in [0.29, 0.717) is 49.3 Å². The van der Waals surface area contributed by atoms with Gasteiger partial charge in [-0.2, -0.15) is 0 Å². The van der Waals surface area contributed by atoms with E-state index in [4.69, 9.17) is 4.74 Å². The van der Waals surface area contributed by atoms with E-state index in [2.05, 4.69) is 4.98 Å². The number of nitrogens with zero attached hydrogens (tertiary/aromatic N) is 3. The quantitative estimate of drug-likeness (QED) is 0.563. The second-order valence-electron chi connectivity index (χ2n) is 8.85. The van der Waals surface area contributed by atoms with Crippen LogP contribution >= 0.6 is 11.3 Å². The number of aromatic nitrogens is 1. The van der Waals surface area contributed by atoms with Crippen molar-refractivity contribution in [1.29, 1.82) is 0 Å². The van der Waals surface area contributed by atoms with E-state index in [0.717, 1.165) is 16.3 Å². The summed E-state index contributed by atoms with van der Waals surface area (Å²) in [6.07, 6.45) is 1.59. The topological polar surface area (TPSA) is 62.7 Å². The number of hydrogen-bond donors (Lipinski definition) is 0. The predicted molar refractivity (Wildman–Crippen MR) is 118 cm³/mol. The van der Waals surface area contributed by atoms with Crippen molar-refractivity contribution in [2.24, 2.45) is 0 Å². The molecule has 6 nitrogen and oxygen atoms in total. The number of halogens is 2. The molecule has 3 aliphatic heterocycles. The standard InChI is InChI=1S/C24H21F2N3O3S/c25-15-11-14(12-16(26)13-15)18-5-6-20-29(18)23(31)24(32-20)7-9-28(10-8-24)22(30)21-27-17-3-1-2-4-19(17)33-21/h1-4,11-13,18,20H,5-10H2. The molecule has 3 saturated heterocycles. The second kappa shape index (κ2) is 7.56. The number of hydrogen-bond acceptors (Lipinski definition) is 5. The van der Waals surface area contributed by atoms with Crippen molar-refractivity contribution in [3.63, 3.8) is 0 Å². The number of amides is 2. The predicted octanol–water partition coefficient (Wildman–Crippen LogP) is 4.27. The molecule has 0 N–H and O–H groups in total. The molecule has 4 heterocycles. The molecule has 1 aromatic heterocycles. The molecule has 0 radical (unpaired) electrons. The fourth-order valence-electron chi connectivity index (χ4n) is 5.31. The van der Waals surface area contributed by atoms with Gasteiger partial charge < -0.3 is 14.5 Å². The van der Waals surface area contributed by atoms with Crippen molar-refractivity contribution in [1.82, 2.24) is 14.8 Å². The van der Waals surface area contributed by atoms with E-state index in [1.165, 1.54) is 23.5 Å². The van der Waals surface area contributed by atoms with Crippen molar-refractivity contribution >= 4 is 33.4 Å². The highest BCUT2D eigenvalue weighted by molar-refractivity contribution is 7.20. The lowest BCUT2D eigenvalue weighted by molar-refractivity contribution is -0.142. The third kappa shape index (κ3) is 3.33. The molecule has 0 aliphatic carbocycles. The molecule has 9 heteroatoms. The van der Waals surface area contributed by atoms with Crippen molar-refractivity contribution in [2.45, 2.75) is 43.6 Å². The number of likely N-dealkylation sites (tertiary alicyclic amines) is 1. The average molecular weight is 470 g/mol. The molecule has 0 saturated carbocycles. The van der Waals surface area contributed by atoms with Gasteiger partial charge in [-0.1, -0.05) is 12.1 Å². The van der Waals surface area contributed by atoms with Gasteiger partial charge >= 0.3 is 0 Å². The van der Waals surface area contributed by atoms with Crippen molar-refractivity contribution < 1.29 is 23.1 Å². The van der Waals surface area contributed by atoms with Gasteiger partial charge in [0.2, 0.25) is 0 Å². The summed E-state index contributed by atoms with van der Waals surface area (Å²) in [5.41, 5.74) is 0.265. The van der Waals surface area contributed by atoms with Crippen LogP contribution in [0.3, 0.4) is 0 Å². The van der Waals surface area contributed by atoms with Gasteiger partial charge in [-0.05, 0) is 42.7 Å². The Hall–Kier alpha value is -2.91. The normalized spacial score (nSPS) is 24.1. The Kier molecular flexibility index (Phi) is 4.74. The minimum absolute atomic E-state index is 0.134. The van der Waals surface area contributed by atoms with Crippen LogP contribution in [0.4, 0.5) is 8.78 Å². The number of rotatable bonds is 2. The first kappa shape index (κ1) is 20.7. The van der Waals surface area contributed by atoms with Gasteiger partial charge in [0.15, 0.2) is 10.6 Å². The van der Waals surface area contributed by atoms with Crippen LogP contribution in [-0.2, 0) is 9.53 Å². The Bertz CT molecular complexity index is 1220. The Morgan fingerprint density at radius 3 is 2.55 bits per heavy atom. The van der Waals surface area contributed by atoms with Crippen LogP contribution in [0.25, 0.3) is 10.2 Å². The van der Waals surface area contributed by atoms with Crippen LogP contribution in [-0.4, -0.2) is 51.5 Å². The van der Waals surface area contributed by atoms with Crippen LogP contribution in [0.5, 0.6) is 0 Å². The molecule has 3 aliphatic rings. The summed E-state index contributed by atoms with van der Waals surface area (Å²) in [7, 11) is 0. The summed E-state index contributed by atoms with van der Waals surface area (Å²) in [6, 6.07) is 10.6. The molecule has 33 heavy (non-hydrogen) atoms. The minimum Gasteiger partial charge on any atom is -0.342 e. The first-order valence-electron chi connectivity index (χ1n) is 11.0. The summed E-state index contributed by atoms with van der Waals surface area (Å²) >= 11 is 1.37. The smallest absolute Gasteiger partial charge is 0.282 e. The molecule has 0 bridgehead atoms. The lowest BCUT2D eigenvalue weighted by Gasteiger charge is -2.37. The zero-order valence-electron chi connectivity index (χ0n) is 17.7. The van der Waals surface area contributed by atoms with Crippen LogP contribution in [0, 0.1) is 11.6 Å². The van der Waals surface area contributed by atoms with Gasteiger partial charge in [0, 0.05) is 32.0 Å². The van der Waals surface area contributed by atoms with Gasteiger partial charge in [-0.15, -0.1) is 11.3 Å². The van der Waals surface area contributed by atoms with E-state index >= 15 is 0 Å². The number of fused-ring (bicyclic) bond motifs is 2. The lowest BCUT2D eigenvalue weighted by Crippen LogP contribution is -2.51. The van der Waals surface area contributed by atoms with E-state index in [1.807, 2.05) is 24.3 Å². The molecule has 2 aromatic carbocycles. The summed E-state index contributed by atoms with van der Waals surface area (Å²) in [5, 5.41) is 0.444. The third-order valence-corrected chi connectivity index (χ3v) is 7.95. The first-order chi connectivity index (χ1) is 15.9. The van der Waals surface area contributed by atoms with Gasteiger partial charge in [0.05, 0.1) is 16.3 Å². The van der Waals surface area contributed by atoms with Crippen LogP contribution in [0.2, 0.25) is 0 Å². The van der Waals surface area contributed by atoms with Crippen molar-refractivity contribution in [3.05, 3.63) is 64.7 Å². The third-order valence-electron chi connectivity index (χ3n) is 6.92. The Labute approximate surface area is 192 Å². The van der Waals surface area contributed by atoms with Crippen LogP contribution < -0.4 is 0 Å². The van der Waals surface area contributed by atoms with E-state index in [1.54, 1.807) is 9.80 Å². The lowest BCUT2D eigenvalue weighted by atomic mass is 9.89. The molecule has 170 valence electrons. The van der Waals surface area contributed by atoms with Gasteiger partial charge in [0.1, 0.15) is 17.9 Å². The summed E-state index contributed by atoms with van der Waals surface area (Å²) in [6.45, 7) is 0.778. The molecule has 3 fully saturated rings. The number of carbonyl (C=O) groups is 2. The number of thiazole rings is 1. The molecule has 1 spiro atoms. The van der Waals surface area contributed by atoms with E-state index in [-0.39, 0.29) is 11.8 Å². The molecule has 6 rings (SSSR count). The van der Waals surface area contributed by atoms with Gasteiger partial charge in [-0.25, -0.2) is 13.8 Å². The molecular formula is C24H21F2N3O3S. The number of para-hydroxylation sites is 1. The molecule has 2 atom stereocenters. The van der Waals surface area contributed by atoms with Crippen molar-refractivity contribution in [3.8, 4) is 0 Å². The Morgan fingerprint density at radius 1 is 1.09 bits per heavy atom. The average Bonchev–Trinajstić information content (AvgIpc) is 3.48. The number of piperidine rings is 1. The number of carbonyl (C=O) groups excluding carboxylic acids is 2. The fourth-order valence-corrected chi connectivity index (χ4v) is 6.24. The maximum atomic E-state index is 13.8. The second-order valence-corrected chi connectivity index (χ2v) is 9.88. The highest BCUT2D eigenvalue weighted by Crippen LogP contribution is 2.47. The van der Waals surface area contributed by atoms with Crippen LogP contribution in [0.15, 0.2) is 42.5 Å². The largest absolute Gasteiger partial charge is 0.342 e. The van der Waals surface area contributed by atoms with E-state index < -0.39 is 29.5 Å². The minimum atomic E-state index is -0.987. The van der Waals surface area contributed by atoms with Crippen molar-refractivity contribution in [2.75, 3.05) is 13.1 Å². The Morgan fingerprint density at radius 2 is 1.82 bits per heavy atom. The SMILES string of the molecule is O=C(c1nc2ccccc2s1)N1CCC2(CC1)OC1CCC(c3cc(F)cc(F)c3)N1C2=O. The number of benzene rings is 2. The monoisotopic (exact) mass is 469 g/mol. The zero-order chi connectivity index (χ0) is 22.7. The highest BCUT2D eigenvalue weighted by atomic mass is 32.1. The van der Waals surface area contributed by atoms with Gasteiger partial charge in [0.25, 0.3) is 11.8 Å². The molecule has 2 amide bonds. The van der Waals surface area contributed by atoms with E-state index in [9.17, 15) is 18.4 Å². The van der Waals surface area contributed by atoms with Crippen LogP contribution in [0.1, 0.15) is 47.1 Å². The zero-order valence-corrected chi connectivity index (χ0v) is 18.5. The molecule has 2 unspecified atom stereocenters. The first-order valence-corrected chi connectivity index (χ1v) is 11.9. The molecule has 3 aromatic rings. The number of ether oxygens (including phenoxy) is 1. The fraction of sp³-hybridized carbons (Fsp3) is 0.375. The maximum absolute atomic E-state index is 13.8. The maximum Gasteiger partial charge on any atom is 0.282 e. The highest BCUT2D eigenvalue weighted by Gasteiger charge is 2.58. The summed E-state index contributed by atoms with van der Waals surface area (Å²) in [5.74, 6) is -1.59. The summed E-state index contributed by atoms with van der Waals surface area (Å²) < 4.78 is 34.8. The van der Waals surface area contributed by atoms with Gasteiger partial charge in [-0.3, -0.25) is 9.59 Å².